The molecule has 13 rings (SSSR count). The van der Waals surface area contributed by atoms with Crippen molar-refractivity contribution in [3.63, 3.8) is 0 Å². The molecule has 1 saturated carbocycles. The van der Waals surface area contributed by atoms with E-state index in [9.17, 15) is 0 Å². The summed E-state index contributed by atoms with van der Waals surface area (Å²) in [5.74, 6) is 0.654. The molecule has 1 fully saturated rings. The van der Waals surface area contributed by atoms with Gasteiger partial charge in [-0.25, -0.2) is 0 Å². The SMILES string of the molecule is C1=CC2C3c4c(ccc5c6ccccc6n(-c6ccncc6-c6ccccc6)c45)N4c5ccccc5-n5c6ccccc6c6ccc1c(c65)C234. The van der Waals surface area contributed by atoms with Crippen molar-refractivity contribution in [1.29, 1.82) is 0 Å². The van der Waals surface area contributed by atoms with Crippen LogP contribution in [0.2, 0.25) is 0 Å². The van der Waals surface area contributed by atoms with E-state index in [1.807, 2.05) is 12.4 Å². The zero-order valence-corrected chi connectivity index (χ0v) is 27.0. The van der Waals surface area contributed by atoms with Crippen LogP contribution in [-0.2, 0) is 5.54 Å². The highest BCUT2D eigenvalue weighted by molar-refractivity contribution is 6.16. The number of anilines is 2. The summed E-state index contributed by atoms with van der Waals surface area (Å²) in [5.41, 5.74) is 16.5. The molecule has 3 unspecified atom stereocenters. The second kappa shape index (κ2) is 8.60. The number of aromatic nitrogens is 3. The Morgan fingerprint density at radius 2 is 1.22 bits per heavy atom. The first-order valence-electron chi connectivity index (χ1n) is 17.6. The molecule has 4 aliphatic rings. The number of nitrogens with zero attached hydrogens (tertiary/aromatic N) is 4. The normalized spacial score (nSPS) is 20.4. The van der Waals surface area contributed by atoms with Crippen LogP contribution >= 0.6 is 0 Å². The third-order valence-corrected chi connectivity index (χ3v) is 12.2. The molecule has 2 aliphatic heterocycles. The van der Waals surface area contributed by atoms with Gasteiger partial charge in [0.2, 0.25) is 0 Å². The summed E-state index contributed by atoms with van der Waals surface area (Å²) in [6.45, 7) is 0. The quantitative estimate of drug-likeness (QED) is 0.189. The largest absolute Gasteiger partial charge is 0.328 e. The van der Waals surface area contributed by atoms with E-state index < -0.39 is 0 Å². The Balaban J connectivity index is 1.20. The molecule has 9 aromatic rings. The maximum absolute atomic E-state index is 4.64. The first-order valence-corrected chi connectivity index (χ1v) is 17.6. The topological polar surface area (TPSA) is 26.0 Å². The highest BCUT2D eigenvalue weighted by Crippen LogP contribution is 2.80. The molecule has 50 heavy (non-hydrogen) atoms. The molecule has 5 heterocycles. The van der Waals surface area contributed by atoms with Gasteiger partial charge in [-0.2, -0.15) is 0 Å². The van der Waals surface area contributed by atoms with E-state index in [0.717, 1.165) is 11.3 Å². The Bertz CT molecular complexity index is 3020. The van der Waals surface area contributed by atoms with E-state index in [1.54, 1.807) is 0 Å². The molecule has 2 aliphatic carbocycles. The molecule has 4 heteroatoms. The maximum Gasteiger partial charge on any atom is 0.0875 e. The highest BCUT2D eigenvalue weighted by atomic mass is 15.3. The standard InChI is InChI=1S/C46H28N4/c1-2-10-27(11-3-1)33-26-47-25-24-37(33)48-35-14-6-4-12-29(35)31-21-23-40-41(44(31)48)43-34-22-19-28-18-20-32-30-13-5-7-15-36(30)49-38-16-8-9-17-39(38)50(40)46(34,43)42(28)45(32)49/h1-26,34,43H. The van der Waals surface area contributed by atoms with Crippen LogP contribution in [0.4, 0.5) is 11.4 Å². The Morgan fingerprint density at radius 3 is 2.04 bits per heavy atom. The molecular formula is C46H28N4. The summed E-state index contributed by atoms with van der Waals surface area (Å²) in [6, 6.07) is 49.4. The molecule has 0 amide bonds. The maximum atomic E-state index is 4.64. The number of pyridine rings is 1. The lowest BCUT2D eigenvalue weighted by molar-refractivity contribution is 0.674. The summed E-state index contributed by atoms with van der Waals surface area (Å²) in [4.78, 5) is 7.39. The predicted molar refractivity (Wildman–Crippen MR) is 204 cm³/mol. The van der Waals surface area contributed by atoms with Crippen LogP contribution in [0.15, 0.2) is 152 Å². The van der Waals surface area contributed by atoms with Crippen molar-refractivity contribution in [2.45, 2.75) is 11.5 Å². The number of hydrogen-bond donors (Lipinski definition) is 0. The van der Waals surface area contributed by atoms with E-state index in [-0.39, 0.29) is 5.54 Å². The van der Waals surface area contributed by atoms with Gasteiger partial charge >= 0.3 is 0 Å². The van der Waals surface area contributed by atoms with Crippen LogP contribution in [0.1, 0.15) is 22.6 Å². The second-order valence-corrected chi connectivity index (χ2v) is 14.3. The molecule has 3 aromatic heterocycles. The number of para-hydroxylation sites is 4. The Kier molecular flexibility index (Phi) is 4.40. The van der Waals surface area contributed by atoms with Crippen molar-refractivity contribution >= 4 is 61.1 Å². The molecule has 0 N–H and O–H groups in total. The molecule has 1 spiro atoms. The fourth-order valence-electron chi connectivity index (χ4n) is 10.5. The first kappa shape index (κ1) is 25.6. The van der Waals surface area contributed by atoms with Gasteiger partial charge in [0.15, 0.2) is 0 Å². The van der Waals surface area contributed by atoms with Gasteiger partial charge in [0.1, 0.15) is 0 Å². The van der Waals surface area contributed by atoms with E-state index in [4.69, 9.17) is 0 Å². The summed E-state index contributed by atoms with van der Waals surface area (Å²) in [5, 5.41) is 5.24. The zero-order valence-electron chi connectivity index (χ0n) is 27.0. The fraction of sp³-hybridized carbons (Fsp3) is 0.0652. The Morgan fingerprint density at radius 1 is 0.540 bits per heavy atom. The lowest BCUT2D eigenvalue weighted by Gasteiger charge is -2.35. The average Bonchev–Trinajstić information content (AvgIpc) is 3.42. The van der Waals surface area contributed by atoms with Gasteiger partial charge in [-0.3, -0.25) is 4.98 Å². The predicted octanol–water partition coefficient (Wildman–Crippen LogP) is 11.0. The smallest absolute Gasteiger partial charge is 0.0875 e. The van der Waals surface area contributed by atoms with E-state index in [1.165, 1.54) is 82.9 Å². The van der Waals surface area contributed by atoms with E-state index in [2.05, 4.69) is 165 Å². The minimum absolute atomic E-state index is 0.208. The molecule has 3 atom stereocenters. The molecule has 0 saturated heterocycles. The first-order chi connectivity index (χ1) is 24.9. The molecule has 0 radical (unpaired) electrons. The van der Waals surface area contributed by atoms with E-state index >= 15 is 0 Å². The lowest BCUT2D eigenvalue weighted by Crippen LogP contribution is -2.32. The minimum atomic E-state index is -0.208. The molecule has 6 aromatic carbocycles. The lowest BCUT2D eigenvalue weighted by atomic mass is 9.88. The van der Waals surface area contributed by atoms with Crippen LogP contribution in [-0.4, -0.2) is 14.1 Å². The number of rotatable bonds is 2. The third kappa shape index (κ3) is 2.73. The monoisotopic (exact) mass is 636 g/mol. The summed E-state index contributed by atoms with van der Waals surface area (Å²) < 4.78 is 5.12. The van der Waals surface area contributed by atoms with Crippen LogP contribution in [0.5, 0.6) is 0 Å². The van der Waals surface area contributed by atoms with Gasteiger partial charge in [0, 0.05) is 68.2 Å². The van der Waals surface area contributed by atoms with Gasteiger partial charge in [0.05, 0.1) is 44.7 Å². The zero-order chi connectivity index (χ0) is 32.3. The fourth-order valence-corrected chi connectivity index (χ4v) is 10.5. The minimum Gasteiger partial charge on any atom is -0.328 e. The van der Waals surface area contributed by atoms with Gasteiger partial charge < -0.3 is 14.0 Å². The van der Waals surface area contributed by atoms with Gasteiger partial charge in [0.25, 0.3) is 0 Å². The van der Waals surface area contributed by atoms with Crippen molar-refractivity contribution in [2.75, 3.05) is 4.90 Å². The highest BCUT2D eigenvalue weighted by Gasteiger charge is 2.76. The number of benzene rings is 6. The van der Waals surface area contributed by atoms with Crippen LogP contribution in [0.3, 0.4) is 0 Å². The molecule has 232 valence electrons. The second-order valence-electron chi connectivity index (χ2n) is 14.3. The summed E-state index contributed by atoms with van der Waals surface area (Å²) >= 11 is 0. The number of fused-ring (bicyclic) bond motifs is 14. The molecule has 0 bridgehead atoms. The van der Waals surface area contributed by atoms with Crippen LogP contribution < -0.4 is 4.90 Å². The van der Waals surface area contributed by atoms with Crippen LogP contribution in [0, 0.1) is 5.92 Å². The average molecular weight is 637 g/mol. The van der Waals surface area contributed by atoms with Crippen molar-refractivity contribution in [2.24, 2.45) is 5.92 Å². The van der Waals surface area contributed by atoms with Gasteiger partial charge in [-0.05, 0) is 47.5 Å². The molecular weight excluding hydrogens is 609 g/mol. The van der Waals surface area contributed by atoms with Crippen molar-refractivity contribution in [3.05, 3.63) is 169 Å². The Labute approximate surface area is 287 Å². The molecule has 4 nitrogen and oxygen atoms in total. The summed E-state index contributed by atoms with van der Waals surface area (Å²) in [6.07, 6.45) is 8.90. The Hall–Kier alpha value is -6.39. The van der Waals surface area contributed by atoms with Crippen molar-refractivity contribution < 1.29 is 0 Å². The van der Waals surface area contributed by atoms with Crippen LogP contribution in [0.25, 0.3) is 72.2 Å². The van der Waals surface area contributed by atoms with Crippen molar-refractivity contribution in [3.8, 4) is 22.5 Å². The van der Waals surface area contributed by atoms with E-state index in [0.29, 0.717) is 11.8 Å². The van der Waals surface area contributed by atoms with Gasteiger partial charge in [-0.1, -0.05) is 109 Å². The van der Waals surface area contributed by atoms with Crippen molar-refractivity contribution in [1.82, 2.24) is 14.1 Å². The third-order valence-electron chi connectivity index (χ3n) is 12.2. The van der Waals surface area contributed by atoms with Gasteiger partial charge in [-0.15, -0.1) is 0 Å². The number of hydrogen-bond acceptors (Lipinski definition) is 2. The summed E-state index contributed by atoms with van der Waals surface area (Å²) in [7, 11) is 0.